The molecular weight excluding hydrogens is 264 g/mol. The Hall–Kier alpha value is -2.41. The summed E-state index contributed by atoms with van der Waals surface area (Å²) in [6, 6.07) is 2.12. The zero-order valence-electron chi connectivity index (χ0n) is 9.93. The third-order valence-corrected chi connectivity index (χ3v) is 3.09. The summed E-state index contributed by atoms with van der Waals surface area (Å²) >= 11 is 1.71. The van der Waals surface area contributed by atoms with Crippen LogP contribution in [0.4, 0.5) is 0 Å². The number of nitrogens with zero attached hydrogens (tertiary/aromatic N) is 3. The van der Waals surface area contributed by atoms with Gasteiger partial charge in [0.25, 0.3) is 6.47 Å². The van der Waals surface area contributed by atoms with E-state index in [0.717, 1.165) is 18.2 Å². The average molecular weight is 276 g/mol. The molecule has 98 valence electrons. The molecule has 7 heteroatoms. The highest BCUT2D eigenvalue weighted by molar-refractivity contribution is 7.07. The molecule has 6 nitrogen and oxygen atoms in total. The molecule has 3 aromatic rings. The highest BCUT2D eigenvalue weighted by atomic mass is 32.1. The van der Waals surface area contributed by atoms with Crippen LogP contribution in [0.15, 0.2) is 41.6 Å². The van der Waals surface area contributed by atoms with Gasteiger partial charge in [0.2, 0.25) is 0 Å². The van der Waals surface area contributed by atoms with Gasteiger partial charge in [-0.05, 0) is 22.4 Å². The molecule has 0 aliphatic carbocycles. The van der Waals surface area contributed by atoms with Crippen molar-refractivity contribution in [2.24, 2.45) is 0 Å². The Labute approximate surface area is 113 Å². The third kappa shape index (κ3) is 3.29. The van der Waals surface area contributed by atoms with E-state index in [1.54, 1.807) is 29.9 Å². The molecule has 3 aromatic heterocycles. The Morgan fingerprint density at radius 2 is 2.26 bits per heavy atom. The third-order valence-electron chi connectivity index (χ3n) is 2.36. The zero-order chi connectivity index (χ0) is 13.5. The van der Waals surface area contributed by atoms with E-state index in [1.807, 2.05) is 6.20 Å². The van der Waals surface area contributed by atoms with Crippen LogP contribution in [0.25, 0.3) is 11.6 Å². The predicted octanol–water partition coefficient (Wildman–Crippen LogP) is 2.08. The van der Waals surface area contributed by atoms with Crippen molar-refractivity contribution in [1.29, 1.82) is 0 Å². The molecule has 0 aromatic carbocycles. The van der Waals surface area contributed by atoms with Gasteiger partial charge >= 0.3 is 0 Å². The van der Waals surface area contributed by atoms with Crippen molar-refractivity contribution in [2.75, 3.05) is 0 Å². The monoisotopic (exact) mass is 276 g/mol. The van der Waals surface area contributed by atoms with Gasteiger partial charge in [0, 0.05) is 31.3 Å². The maximum absolute atomic E-state index is 8.36. The van der Waals surface area contributed by atoms with Gasteiger partial charge in [-0.15, -0.1) is 0 Å². The number of aromatic amines is 1. The molecule has 3 heterocycles. The number of imidazole rings is 2. The quantitative estimate of drug-likeness (QED) is 0.717. The standard InChI is InChI=1S/C11H10N4S.CH2O2/c1-6-16-8-9(1)7-15-5-4-14-11(15)10-12-2-3-13-10;2-1-3/h1-6,8H,7H2,(H,12,13);1H,(H,2,3). The first-order chi connectivity index (χ1) is 9.35. The minimum atomic E-state index is -0.250. The minimum Gasteiger partial charge on any atom is -0.483 e. The Balaban J connectivity index is 0.000000408. The van der Waals surface area contributed by atoms with Crippen LogP contribution in [0, 0.1) is 0 Å². The number of aromatic nitrogens is 4. The molecule has 3 rings (SSSR count). The van der Waals surface area contributed by atoms with Gasteiger partial charge in [-0.25, -0.2) is 9.97 Å². The summed E-state index contributed by atoms with van der Waals surface area (Å²) in [7, 11) is 0. The minimum absolute atomic E-state index is 0.250. The van der Waals surface area contributed by atoms with Crippen LogP contribution < -0.4 is 0 Å². The molecule has 0 aliphatic rings. The first-order valence-corrected chi connectivity index (χ1v) is 6.39. The van der Waals surface area contributed by atoms with E-state index < -0.39 is 0 Å². The van der Waals surface area contributed by atoms with Crippen LogP contribution in [0.5, 0.6) is 0 Å². The van der Waals surface area contributed by atoms with E-state index in [0.29, 0.717) is 0 Å². The van der Waals surface area contributed by atoms with Crippen molar-refractivity contribution >= 4 is 17.8 Å². The smallest absolute Gasteiger partial charge is 0.290 e. The fraction of sp³-hybridized carbons (Fsp3) is 0.0833. The Morgan fingerprint density at radius 3 is 2.89 bits per heavy atom. The summed E-state index contributed by atoms with van der Waals surface area (Å²) in [5.41, 5.74) is 1.29. The fourth-order valence-corrected chi connectivity index (χ4v) is 2.28. The molecular formula is C12H12N4O2S. The Bertz CT molecular complexity index is 602. The molecule has 0 bridgehead atoms. The van der Waals surface area contributed by atoms with Crippen LogP contribution in [0.3, 0.4) is 0 Å². The summed E-state index contributed by atoms with van der Waals surface area (Å²) in [5.74, 6) is 1.68. The molecule has 2 N–H and O–H groups in total. The molecule has 0 saturated carbocycles. The van der Waals surface area contributed by atoms with Crippen molar-refractivity contribution in [3.8, 4) is 11.6 Å². The van der Waals surface area contributed by atoms with Crippen LogP contribution in [-0.2, 0) is 11.3 Å². The molecule has 0 radical (unpaired) electrons. The van der Waals surface area contributed by atoms with Crippen molar-refractivity contribution in [3.63, 3.8) is 0 Å². The molecule has 0 unspecified atom stereocenters. The van der Waals surface area contributed by atoms with Crippen molar-refractivity contribution in [3.05, 3.63) is 47.2 Å². The second-order valence-corrected chi connectivity index (χ2v) is 4.33. The predicted molar refractivity (Wildman–Crippen MR) is 71.9 cm³/mol. The number of hydrogen-bond acceptors (Lipinski definition) is 4. The van der Waals surface area contributed by atoms with Crippen molar-refractivity contribution in [1.82, 2.24) is 19.5 Å². The van der Waals surface area contributed by atoms with Crippen LogP contribution in [0.1, 0.15) is 5.56 Å². The van der Waals surface area contributed by atoms with Gasteiger partial charge in [0.15, 0.2) is 11.6 Å². The SMILES string of the molecule is O=CO.c1c[nH]c(-c2nccn2Cc2ccsc2)n1. The van der Waals surface area contributed by atoms with E-state index in [2.05, 4.69) is 36.3 Å². The summed E-state index contributed by atoms with van der Waals surface area (Å²) < 4.78 is 2.08. The molecule has 19 heavy (non-hydrogen) atoms. The molecule has 0 fully saturated rings. The van der Waals surface area contributed by atoms with E-state index in [4.69, 9.17) is 9.90 Å². The van der Waals surface area contributed by atoms with E-state index in [1.165, 1.54) is 5.56 Å². The average Bonchev–Trinajstić information content (AvgIpc) is 3.11. The second kappa shape index (κ2) is 6.50. The molecule has 0 atom stereocenters. The van der Waals surface area contributed by atoms with Gasteiger partial charge in [-0.2, -0.15) is 11.3 Å². The van der Waals surface area contributed by atoms with E-state index in [-0.39, 0.29) is 6.47 Å². The fourth-order valence-electron chi connectivity index (χ4n) is 1.62. The Morgan fingerprint density at radius 1 is 1.42 bits per heavy atom. The second-order valence-electron chi connectivity index (χ2n) is 3.55. The first kappa shape index (κ1) is 13.0. The maximum atomic E-state index is 8.36. The number of hydrogen-bond donors (Lipinski definition) is 2. The van der Waals surface area contributed by atoms with Crippen LogP contribution in [-0.4, -0.2) is 31.1 Å². The molecule has 0 aliphatic heterocycles. The van der Waals surface area contributed by atoms with Crippen LogP contribution >= 0.6 is 11.3 Å². The summed E-state index contributed by atoms with van der Waals surface area (Å²) in [6.07, 6.45) is 7.30. The molecule has 0 amide bonds. The van der Waals surface area contributed by atoms with E-state index in [9.17, 15) is 0 Å². The van der Waals surface area contributed by atoms with Gasteiger partial charge in [-0.3, -0.25) is 4.79 Å². The van der Waals surface area contributed by atoms with Gasteiger partial charge in [-0.1, -0.05) is 0 Å². The summed E-state index contributed by atoms with van der Waals surface area (Å²) in [6.45, 7) is 0.583. The van der Waals surface area contributed by atoms with Gasteiger partial charge in [0.1, 0.15) is 0 Å². The number of H-pyrrole nitrogens is 1. The normalized spacial score (nSPS) is 9.68. The number of rotatable bonds is 3. The lowest BCUT2D eigenvalue weighted by Gasteiger charge is -2.03. The van der Waals surface area contributed by atoms with Crippen molar-refractivity contribution in [2.45, 2.75) is 6.54 Å². The Kier molecular flexibility index (Phi) is 4.46. The summed E-state index contributed by atoms with van der Waals surface area (Å²) in [4.78, 5) is 20.0. The number of nitrogens with one attached hydrogen (secondary N) is 1. The molecule has 0 spiro atoms. The highest BCUT2D eigenvalue weighted by Crippen LogP contribution is 2.15. The largest absolute Gasteiger partial charge is 0.483 e. The first-order valence-electron chi connectivity index (χ1n) is 5.45. The number of thiophene rings is 1. The van der Waals surface area contributed by atoms with Crippen LogP contribution in [0.2, 0.25) is 0 Å². The number of carbonyl (C=O) groups is 1. The zero-order valence-corrected chi connectivity index (χ0v) is 10.7. The van der Waals surface area contributed by atoms with Crippen molar-refractivity contribution < 1.29 is 9.90 Å². The lowest BCUT2D eigenvalue weighted by atomic mass is 10.3. The summed E-state index contributed by atoms with van der Waals surface area (Å²) in [5, 5.41) is 11.1. The topological polar surface area (TPSA) is 83.8 Å². The highest BCUT2D eigenvalue weighted by Gasteiger charge is 2.07. The van der Waals surface area contributed by atoms with Gasteiger partial charge < -0.3 is 14.7 Å². The number of carboxylic acid groups (broad SMARTS) is 1. The molecule has 0 saturated heterocycles. The van der Waals surface area contributed by atoms with Gasteiger partial charge in [0.05, 0.1) is 0 Å². The maximum Gasteiger partial charge on any atom is 0.290 e. The lowest BCUT2D eigenvalue weighted by molar-refractivity contribution is -0.122. The lowest BCUT2D eigenvalue weighted by Crippen LogP contribution is -2.00. The van der Waals surface area contributed by atoms with E-state index >= 15 is 0 Å².